The Hall–Kier alpha value is -1.91. The zero-order valence-corrected chi connectivity index (χ0v) is 15.5. The molecule has 1 amide bonds. The highest BCUT2D eigenvalue weighted by molar-refractivity contribution is 7.22. The van der Waals surface area contributed by atoms with Gasteiger partial charge in [-0.25, -0.2) is 4.98 Å². The lowest BCUT2D eigenvalue weighted by molar-refractivity contribution is -0.115. The number of rotatable bonds is 4. The van der Waals surface area contributed by atoms with Crippen LogP contribution in [0.25, 0.3) is 10.2 Å². The van der Waals surface area contributed by atoms with Gasteiger partial charge in [0.15, 0.2) is 5.13 Å². The monoisotopic (exact) mass is 358 g/mol. The molecule has 24 heavy (non-hydrogen) atoms. The van der Waals surface area contributed by atoms with Crippen LogP contribution in [0.3, 0.4) is 0 Å². The summed E-state index contributed by atoms with van der Waals surface area (Å²) >= 11 is 7.59. The summed E-state index contributed by atoms with van der Waals surface area (Å²) in [5.41, 5.74) is 4.06. The predicted molar refractivity (Wildman–Crippen MR) is 102 cm³/mol. The molecule has 124 valence electrons. The van der Waals surface area contributed by atoms with Gasteiger partial charge in [0, 0.05) is 5.02 Å². The van der Waals surface area contributed by atoms with Gasteiger partial charge >= 0.3 is 0 Å². The first-order chi connectivity index (χ1) is 11.4. The van der Waals surface area contributed by atoms with E-state index in [0.29, 0.717) is 22.5 Å². The van der Waals surface area contributed by atoms with Crippen molar-refractivity contribution in [3.8, 4) is 0 Å². The van der Waals surface area contributed by atoms with Crippen LogP contribution in [0.5, 0.6) is 0 Å². The molecule has 1 N–H and O–H groups in total. The van der Waals surface area contributed by atoms with E-state index in [2.05, 4.69) is 36.3 Å². The first kappa shape index (κ1) is 16.9. The van der Waals surface area contributed by atoms with Gasteiger partial charge in [-0.05, 0) is 41.7 Å². The van der Waals surface area contributed by atoms with Gasteiger partial charge in [0.05, 0.1) is 16.6 Å². The van der Waals surface area contributed by atoms with Crippen LogP contribution < -0.4 is 5.32 Å². The quantitative estimate of drug-likeness (QED) is 0.663. The highest BCUT2D eigenvalue weighted by atomic mass is 35.5. The largest absolute Gasteiger partial charge is 0.302 e. The van der Waals surface area contributed by atoms with Gasteiger partial charge in [0.1, 0.15) is 0 Å². The van der Waals surface area contributed by atoms with E-state index in [4.69, 9.17) is 11.6 Å². The molecular formula is C19H19ClN2OS. The number of hydrogen-bond acceptors (Lipinski definition) is 3. The molecule has 1 aromatic heterocycles. The topological polar surface area (TPSA) is 42.0 Å². The third-order valence-electron chi connectivity index (χ3n) is 4.01. The summed E-state index contributed by atoms with van der Waals surface area (Å²) < 4.78 is 1.02. The van der Waals surface area contributed by atoms with E-state index in [9.17, 15) is 4.79 Å². The van der Waals surface area contributed by atoms with Crippen molar-refractivity contribution in [2.24, 2.45) is 0 Å². The van der Waals surface area contributed by atoms with Crippen LogP contribution in [0.15, 0.2) is 36.4 Å². The number of amides is 1. The van der Waals surface area contributed by atoms with Gasteiger partial charge in [-0.1, -0.05) is 61.1 Å². The number of aromatic nitrogens is 1. The molecule has 0 fully saturated rings. The average molecular weight is 359 g/mol. The maximum Gasteiger partial charge on any atom is 0.230 e. The lowest BCUT2D eigenvalue weighted by Crippen LogP contribution is -2.14. The first-order valence-corrected chi connectivity index (χ1v) is 9.08. The minimum absolute atomic E-state index is 0.0601. The van der Waals surface area contributed by atoms with Crippen molar-refractivity contribution >= 4 is 44.2 Å². The number of hydrogen-bond donors (Lipinski definition) is 1. The van der Waals surface area contributed by atoms with E-state index in [1.165, 1.54) is 16.9 Å². The summed E-state index contributed by atoms with van der Waals surface area (Å²) in [5, 5.41) is 4.19. The van der Waals surface area contributed by atoms with Gasteiger partial charge < -0.3 is 5.32 Å². The number of nitrogens with one attached hydrogen (secondary N) is 1. The fourth-order valence-corrected chi connectivity index (χ4v) is 3.62. The molecule has 2 aromatic carbocycles. The van der Waals surface area contributed by atoms with Crippen molar-refractivity contribution in [1.29, 1.82) is 0 Å². The van der Waals surface area contributed by atoms with E-state index in [-0.39, 0.29) is 5.91 Å². The van der Waals surface area contributed by atoms with E-state index in [0.717, 1.165) is 21.3 Å². The first-order valence-electron chi connectivity index (χ1n) is 7.88. The highest BCUT2D eigenvalue weighted by Crippen LogP contribution is 2.31. The van der Waals surface area contributed by atoms with Crippen LogP contribution in [0.2, 0.25) is 5.02 Å². The van der Waals surface area contributed by atoms with Crippen molar-refractivity contribution in [2.75, 3.05) is 5.32 Å². The number of fused-ring (bicyclic) bond motifs is 1. The smallest absolute Gasteiger partial charge is 0.230 e. The minimum Gasteiger partial charge on any atom is -0.302 e. The molecule has 0 aliphatic heterocycles. The fourth-order valence-electron chi connectivity index (χ4n) is 2.52. The van der Waals surface area contributed by atoms with Crippen LogP contribution >= 0.6 is 22.9 Å². The molecule has 0 unspecified atom stereocenters. The normalized spacial score (nSPS) is 11.2. The summed E-state index contributed by atoms with van der Waals surface area (Å²) in [6, 6.07) is 12.0. The molecule has 3 aromatic rings. The highest BCUT2D eigenvalue weighted by Gasteiger charge is 2.11. The Morgan fingerprint density at radius 1 is 1.21 bits per heavy atom. The lowest BCUT2D eigenvalue weighted by atomic mass is 10.0. The molecule has 0 aliphatic carbocycles. The Morgan fingerprint density at radius 3 is 2.58 bits per heavy atom. The molecule has 0 spiro atoms. The van der Waals surface area contributed by atoms with Gasteiger partial charge in [-0.2, -0.15) is 0 Å². The minimum atomic E-state index is -0.0601. The second-order valence-electron chi connectivity index (χ2n) is 6.16. The molecular weight excluding hydrogens is 340 g/mol. The van der Waals surface area contributed by atoms with Crippen molar-refractivity contribution in [3.63, 3.8) is 0 Å². The van der Waals surface area contributed by atoms with Gasteiger partial charge in [-0.15, -0.1) is 0 Å². The summed E-state index contributed by atoms with van der Waals surface area (Å²) in [5.74, 6) is 0.431. The number of nitrogens with zero attached hydrogens (tertiary/aromatic N) is 1. The molecule has 0 aliphatic rings. The second kappa shape index (κ2) is 6.91. The Balaban J connectivity index is 1.71. The van der Waals surface area contributed by atoms with Crippen LogP contribution in [0, 0.1) is 6.92 Å². The Kier molecular flexibility index (Phi) is 4.88. The maximum atomic E-state index is 12.3. The van der Waals surface area contributed by atoms with Crippen LogP contribution in [0.1, 0.15) is 36.5 Å². The molecule has 3 nitrogen and oxygen atoms in total. The predicted octanol–water partition coefficient (Wildman–Crippen LogP) is 5.56. The number of aryl methyl sites for hydroxylation is 1. The third kappa shape index (κ3) is 3.60. The summed E-state index contributed by atoms with van der Waals surface area (Å²) in [6.07, 6.45) is 0.341. The summed E-state index contributed by atoms with van der Waals surface area (Å²) in [4.78, 5) is 16.8. The third-order valence-corrected chi connectivity index (χ3v) is 5.35. The van der Waals surface area contributed by atoms with E-state index in [1.807, 2.05) is 31.2 Å². The second-order valence-corrected chi connectivity index (χ2v) is 7.60. The van der Waals surface area contributed by atoms with Crippen molar-refractivity contribution < 1.29 is 4.79 Å². The molecule has 5 heteroatoms. The van der Waals surface area contributed by atoms with Crippen LogP contribution in [-0.4, -0.2) is 10.9 Å². The van der Waals surface area contributed by atoms with Crippen molar-refractivity contribution in [2.45, 2.75) is 33.1 Å². The van der Waals surface area contributed by atoms with Gasteiger partial charge in [-0.3, -0.25) is 4.79 Å². The van der Waals surface area contributed by atoms with Gasteiger partial charge in [0.25, 0.3) is 0 Å². The van der Waals surface area contributed by atoms with Crippen molar-refractivity contribution in [1.82, 2.24) is 4.98 Å². The Labute approximate surface area is 150 Å². The molecule has 0 saturated carbocycles. The molecule has 0 bridgehead atoms. The number of carbonyl (C=O) groups excluding carboxylic acids is 1. The summed E-state index contributed by atoms with van der Waals surface area (Å²) in [7, 11) is 0. The summed E-state index contributed by atoms with van der Waals surface area (Å²) in [6.45, 7) is 6.25. The lowest BCUT2D eigenvalue weighted by Gasteiger charge is -2.06. The van der Waals surface area contributed by atoms with Crippen LogP contribution in [-0.2, 0) is 11.2 Å². The maximum absolute atomic E-state index is 12.3. The van der Waals surface area contributed by atoms with Crippen molar-refractivity contribution in [3.05, 3.63) is 58.1 Å². The number of benzene rings is 2. The molecule has 0 atom stereocenters. The number of halogens is 1. The SMILES string of the molecule is Cc1c(Cl)ccc2sc(NC(=O)Cc3ccc(C(C)C)cc3)nc12. The van der Waals surface area contributed by atoms with E-state index in [1.54, 1.807) is 0 Å². The fraction of sp³-hybridized carbons (Fsp3) is 0.263. The van der Waals surface area contributed by atoms with E-state index < -0.39 is 0 Å². The van der Waals surface area contributed by atoms with E-state index >= 15 is 0 Å². The van der Waals surface area contributed by atoms with Gasteiger partial charge in [0.2, 0.25) is 5.91 Å². The Bertz CT molecular complexity index is 884. The molecule has 0 radical (unpaired) electrons. The molecule has 3 rings (SSSR count). The number of anilines is 1. The average Bonchev–Trinajstić information content (AvgIpc) is 2.94. The molecule has 1 heterocycles. The number of thiazole rings is 1. The zero-order chi connectivity index (χ0) is 17.3. The molecule has 0 saturated heterocycles. The standard InChI is InChI=1S/C19H19ClN2OS/c1-11(2)14-6-4-13(5-7-14)10-17(23)21-19-22-18-12(3)15(20)8-9-16(18)24-19/h4-9,11H,10H2,1-3H3,(H,21,22,23). The number of carbonyl (C=O) groups is 1. The van der Waals surface area contributed by atoms with Crippen LogP contribution in [0.4, 0.5) is 5.13 Å². The zero-order valence-electron chi connectivity index (χ0n) is 13.9. The Morgan fingerprint density at radius 2 is 1.92 bits per heavy atom.